The number of carbonyl (C=O) groups is 1. The summed E-state index contributed by atoms with van der Waals surface area (Å²) >= 11 is 0. The van der Waals surface area contributed by atoms with E-state index in [1.165, 1.54) is 12.8 Å². The van der Waals surface area contributed by atoms with E-state index in [9.17, 15) is 9.90 Å². The maximum absolute atomic E-state index is 12.7. The second-order valence-corrected chi connectivity index (χ2v) is 7.05. The highest BCUT2D eigenvalue weighted by atomic mass is 16.3. The predicted molar refractivity (Wildman–Crippen MR) is 96.1 cm³/mol. The molecule has 132 valence electrons. The molecule has 0 bridgehead atoms. The highest BCUT2D eigenvalue weighted by Crippen LogP contribution is 2.43. The van der Waals surface area contributed by atoms with Crippen LogP contribution in [0.15, 0.2) is 30.3 Å². The number of hydrogen-bond acceptors (Lipinski definition) is 3. The number of amides is 2. The molecule has 1 aliphatic heterocycles. The van der Waals surface area contributed by atoms with Crippen LogP contribution in [-0.2, 0) is 0 Å². The van der Waals surface area contributed by atoms with Crippen LogP contribution in [0.5, 0.6) is 0 Å². The molecule has 4 rings (SSSR count). The van der Waals surface area contributed by atoms with Crippen molar-refractivity contribution in [1.82, 2.24) is 14.7 Å². The van der Waals surface area contributed by atoms with Crippen molar-refractivity contribution in [2.24, 2.45) is 0 Å². The van der Waals surface area contributed by atoms with Crippen LogP contribution in [0.2, 0.25) is 0 Å². The van der Waals surface area contributed by atoms with Crippen molar-refractivity contribution in [3.05, 3.63) is 41.6 Å². The molecule has 2 aliphatic rings. The fraction of sp³-hybridized carbons (Fsp3) is 0.474. The second kappa shape index (κ2) is 6.52. The summed E-state index contributed by atoms with van der Waals surface area (Å²) in [6.07, 6.45) is 3.49. The minimum absolute atomic E-state index is 0.165. The van der Waals surface area contributed by atoms with E-state index in [0.717, 1.165) is 35.6 Å². The maximum Gasteiger partial charge on any atom is 0.323 e. The summed E-state index contributed by atoms with van der Waals surface area (Å²) in [6, 6.07) is 9.72. The number of aliphatic hydroxyl groups excluding tert-OH is 1. The van der Waals surface area contributed by atoms with Gasteiger partial charge in [-0.15, -0.1) is 0 Å². The number of nitrogens with one attached hydrogen (secondary N) is 1. The first-order valence-corrected chi connectivity index (χ1v) is 9.02. The summed E-state index contributed by atoms with van der Waals surface area (Å²) in [4.78, 5) is 14.4. The molecule has 1 unspecified atom stereocenters. The summed E-state index contributed by atoms with van der Waals surface area (Å²) in [6.45, 7) is 3.09. The average molecular weight is 340 g/mol. The number of hydrogen-bond donors (Lipinski definition) is 2. The van der Waals surface area contributed by atoms with Gasteiger partial charge in [-0.3, -0.25) is 5.32 Å². The molecule has 1 atom stereocenters. The Bertz CT molecular complexity index is 767. The Hall–Kier alpha value is -2.34. The van der Waals surface area contributed by atoms with Crippen LogP contribution in [0.3, 0.4) is 0 Å². The fourth-order valence-electron chi connectivity index (χ4n) is 3.48. The zero-order valence-electron chi connectivity index (χ0n) is 14.5. The molecule has 25 heavy (non-hydrogen) atoms. The van der Waals surface area contributed by atoms with E-state index in [1.54, 1.807) is 4.90 Å². The molecule has 2 fully saturated rings. The van der Waals surface area contributed by atoms with Crippen molar-refractivity contribution >= 4 is 11.8 Å². The summed E-state index contributed by atoms with van der Waals surface area (Å²) in [5.41, 5.74) is 3.06. The summed E-state index contributed by atoms with van der Waals surface area (Å²) in [5, 5.41) is 17.7. The van der Waals surface area contributed by atoms with Gasteiger partial charge in [-0.05, 0) is 44.7 Å². The number of rotatable bonds is 3. The number of likely N-dealkylation sites (tertiary alicyclic amines) is 1. The van der Waals surface area contributed by atoms with Crippen LogP contribution in [0.1, 0.15) is 42.9 Å². The van der Waals surface area contributed by atoms with Gasteiger partial charge in [0.2, 0.25) is 0 Å². The van der Waals surface area contributed by atoms with Crippen LogP contribution in [-0.4, -0.2) is 45.0 Å². The van der Waals surface area contributed by atoms with E-state index < -0.39 is 6.10 Å². The zero-order chi connectivity index (χ0) is 17.4. The largest absolute Gasteiger partial charge is 0.391 e. The zero-order valence-corrected chi connectivity index (χ0v) is 14.5. The van der Waals surface area contributed by atoms with Crippen LogP contribution in [0.25, 0.3) is 5.69 Å². The maximum atomic E-state index is 12.7. The number of β-amino-alcohol motifs (C(OH)–C–C–N with tert-alkyl or cyclic N) is 1. The molecule has 1 aliphatic carbocycles. The molecule has 2 aromatic rings. The summed E-state index contributed by atoms with van der Waals surface area (Å²) in [7, 11) is 0. The number of aliphatic hydroxyl groups is 1. The van der Waals surface area contributed by atoms with Gasteiger partial charge in [-0.1, -0.05) is 18.2 Å². The van der Waals surface area contributed by atoms with E-state index in [-0.39, 0.29) is 6.03 Å². The minimum Gasteiger partial charge on any atom is -0.391 e. The molecule has 6 heteroatoms. The molecule has 0 radical (unpaired) electrons. The number of para-hydroxylation sites is 1. The highest BCUT2D eigenvalue weighted by molar-refractivity contribution is 5.90. The third-order valence-corrected chi connectivity index (χ3v) is 5.03. The number of benzene rings is 1. The van der Waals surface area contributed by atoms with Crippen molar-refractivity contribution in [2.75, 3.05) is 18.4 Å². The van der Waals surface area contributed by atoms with Gasteiger partial charge >= 0.3 is 6.03 Å². The lowest BCUT2D eigenvalue weighted by atomic mass is 10.1. The molecule has 6 nitrogen and oxygen atoms in total. The number of piperidine rings is 1. The number of carbonyl (C=O) groups excluding carboxylic acids is 1. The SMILES string of the molecule is Cc1c(C2CC2)nn(-c2ccccc2)c1NC(=O)N1CCCC(O)C1. The number of urea groups is 1. The molecule has 0 spiro atoms. The van der Waals surface area contributed by atoms with Gasteiger partial charge in [0.1, 0.15) is 5.82 Å². The van der Waals surface area contributed by atoms with E-state index in [4.69, 9.17) is 5.10 Å². The molecule has 1 saturated heterocycles. The number of aromatic nitrogens is 2. The Morgan fingerprint density at radius 2 is 2.00 bits per heavy atom. The molecule has 2 heterocycles. The van der Waals surface area contributed by atoms with E-state index in [1.807, 2.05) is 41.9 Å². The molecular weight excluding hydrogens is 316 g/mol. The van der Waals surface area contributed by atoms with E-state index in [2.05, 4.69) is 5.32 Å². The average Bonchev–Trinajstić information content (AvgIpc) is 3.41. The number of nitrogens with zero attached hydrogens (tertiary/aromatic N) is 3. The normalized spacial score (nSPS) is 20.6. The first-order valence-electron chi connectivity index (χ1n) is 9.02. The van der Waals surface area contributed by atoms with Crippen molar-refractivity contribution in [1.29, 1.82) is 0 Å². The second-order valence-electron chi connectivity index (χ2n) is 7.05. The Kier molecular flexibility index (Phi) is 4.21. The fourth-order valence-corrected chi connectivity index (χ4v) is 3.48. The number of anilines is 1. The molecule has 2 N–H and O–H groups in total. The Balaban J connectivity index is 1.64. The van der Waals surface area contributed by atoms with Gasteiger partial charge in [-0.2, -0.15) is 5.10 Å². The van der Waals surface area contributed by atoms with Crippen LogP contribution in [0, 0.1) is 6.92 Å². The van der Waals surface area contributed by atoms with Crippen molar-refractivity contribution in [3.8, 4) is 5.69 Å². The van der Waals surface area contributed by atoms with Gasteiger partial charge in [0, 0.05) is 24.6 Å². The van der Waals surface area contributed by atoms with Crippen molar-refractivity contribution < 1.29 is 9.90 Å². The van der Waals surface area contributed by atoms with E-state index >= 15 is 0 Å². The first kappa shape index (κ1) is 16.1. The molecular formula is C19H24N4O2. The van der Waals surface area contributed by atoms with Gasteiger partial charge in [0.15, 0.2) is 0 Å². The predicted octanol–water partition coefficient (Wildman–Crippen LogP) is 3.05. The molecule has 1 aromatic carbocycles. The van der Waals surface area contributed by atoms with Gasteiger partial charge in [0.05, 0.1) is 17.5 Å². The van der Waals surface area contributed by atoms with Crippen molar-refractivity contribution in [3.63, 3.8) is 0 Å². The van der Waals surface area contributed by atoms with Crippen LogP contribution < -0.4 is 5.32 Å². The Labute approximate surface area is 147 Å². The van der Waals surface area contributed by atoms with Gasteiger partial charge < -0.3 is 10.0 Å². The van der Waals surface area contributed by atoms with Crippen molar-refractivity contribution in [2.45, 2.75) is 44.6 Å². The monoisotopic (exact) mass is 340 g/mol. The highest BCUT2D eigenvalue weighted by Gasteiger charge is 2.31. The quantitative estimate of drug-likeness (QED) is 0.902. The third-order valence-electron chi connectivity index (χ3n) is 5.03. The van der Waals surface area contributed by atoms with Gasteiger partial charge in [0.25, 0.3) is 0 Å². The molecule has 1 aromatic heterocycles. The summed E-state index contributed by atoms with van der Waals surface area (Å²) < 4.78 is 1.83. The molecule has 2 amide bonds. The Morgan fingerprint density at radius 3 is 2.68 bits per heavy atom. The first-order chi connectivity index (χ1) is 12.1. The Morgan fingerprint density at radius 1 is 1.24 bits per heavy atom. The molecule has 1 saturated carbocycles. The van der Waals surface area contributed by atoms with Crippen LogP contribution >= 0.6 is 0 Å². The van der Waals surface area contributed by atoms with E-state index in [0.29, 0.717) is 19.0 Å². The smallest absolute Gasteiger partial charge is 0.323 e. The van der Waals surface area contributed by atoms with Gasteiger partial charge in [-0.25, -0.2) is 9.48 Å². The minimum atomic E-state index is -0.429. The lowest BCUT2D eigenvalue weighted by Gasteiger charge is -2.30. The topological polar surface area (TPSA) is 70.4 Å². The lowest BCUT2D eigenvalue weighted by molar-refractivity contribution is 0.0883. The summed E-state index contributed by atoms with van der Waals surface area (Å²) in [5.74, 6) is 1.25. The van der Waals surface area contributed by atoms with Crippen LogP contribution in [0.4, 0.5) is 10.6 Å². The standard InChI is InChI=1S/C19H24N4O2/c1-13-17(14-9-10-14)21-23(15-6-3-2-4-7-15)18(13)20-19(25)22-11-5-8-16(24)12-22/h2-4,6-7,14,16,24H,5,8-12H2,1H3,(H,20,25). The lowest BCUT2D eigenvalue weighted by Crippen LogP contribution is -2.44. The third kappa shape index (κ3) is 3.26.